The Bertz CT molecular complexity index is 740. The third-order valence-corrected chi connectivity index (χ3v) is 4.60. The molecule has 1 saturated heterocycles. The Labute approximate surface area is 153 Å². The van der Waals surface area contributed by atoms with Crippen LogP contribution in [0.15, 0.2) is 30.3 Å². The van der Waals surface area contributed by atoms with E-state index >= 15 is 0 Å². The Balaban J connectivity index is 1.62. The normalized spacial score (nSPS) is 14.8. The maximum atomic E-state index is 12.9. The number of amides is 1. The molecule has 138 valence electrons. The van der Waals surface area contributed by atoms with Crippen molar-refractivity contribution in [2.45, 2.75) is 39.0 Å². The first-order chi connectivity index (χ1) is 12.6. The predicted molar refractivity (Wildman–Crippen MR) is 99.9 cm³/mol. The van der Waals surface area contributed by atoms with Crippen molar-refractivity contribution >= 4 is 11.7 Å². The third kappa shape index (κ3) is 5.00. The molecule has 3 rings (SSSR count). The van der Waals surface area contributed by atoms with E-state index in [1.165, 1.54) is 25.0 Å². The van der Waals surface area contributed by atoms with Gasteiger partial charge in [0, 0.05) is 25.7 Å². The van der Waals surface area contributed by atoms with E-state index in [1.807, 2.05) is 6.92 Å². The van der Waals surface area contributed by atoms with Gasteiger partial charge < -0.3 is 10.2 Å². The van der Waals surface area contributed by atoms with E-state index in [-0.39, 0.29) is 11.7 Å². The van der Waals surface area contributed by atoms with Gasteiger partial charge in [0.1, 0.15) is 23.2 Å². The van der Waals surface area contributed by atoms with Crippen LogP contribution in [0.25, 0.3) is 0 Å². The average molecular weight is 356 g/mol. The van der Waals surface area contributed by atoms with Gasteiger partial charge in [0.05, 0.1) is 0 Å². The van der Waals surface area contributed by atoms with Gasteiger partial charge in [-0.15, -0.1) is 0 Å². The van der Waals surface area contributed by atoms with E-state index in [9.17, 15) is 9.18 Å². The second kappa shape index (κ2) is 8.74. The third-order valence-electron chi connectivity index (χ3n) is 4.60. The topological polar surface area (TPSA) is 58.1 Å². The van der Waals surface area contributed by atoms with Crippen molar-refractivity contribution in [3.63, 3.8) is 0 Å². The second-order valence-corrected chi connectivity index (χ2v) is 6.69. The van der Waals surface area contributed by atoms with Crippen LogP contribution < -0.4 is 10.2 Å². The first-order valence-electron chi connectivity index (χ1n) is 9.25. The highest BCUT2D eigenvalue weighted by molar-refractivity contribution is 5.92. The highest BCUT2D eigenvalue weighted by atomic mass is 19.1. The van der Waals surface area contributed by atoms with Gasteiger partial charge >= 0.3 is 0 Å². The largest absolute Gasteiger partial charge is 0.356 e. The minimum atomic E-state index is -0.254. The van der Waals surface area contributed by atoms with Crippen LogP contribution >= 0.6 is 0 Å². The lowest BCUT2D eigenvalue weighted by Crippen LogP contribution is -2.29. The summed E-state index contributed by atoms with van der Waals surface area (Å²) in [5, 5.41) is 2.89. The number of hydrogen-bond donors (Lipinski definition) is 1. The lowest BCUT2D eigenvalue weighted by Gasteiger charge is -2.22. The molecule has 5 nitrogen and oxygen atoms in total. The monoisotopic (exact) mass is 356 g/mol. The molecule has 1 N–H and O–H groups in total. The van der Waals surface area contributed by atoms with E-state index in [0.717, 1.165) is 37.3 Å². The molecule has 1 aromatic heterocycles. The van der Waals surface area contributed by atoms with Crippen molar-refractivity contribution < 1.29 is 9.18 Å². The van der Waals surface area contributed by atoms with Crippen molar-refractivity contribution in [2.75, 3.05) is 24.5 Å². The summed E-state index contributed by atoms with van der Waals surface area (Å²) >= 11 is 0. The summed E-state index contributed by atoms with van der Waals surface area (Å²) in [6.07, 6.45) is 5.45. The van der Waals surface area contributed by atoms with Crippen LogP contribution in [-0.4, -0.2) is 35.5 Å². The van der Waals surface area contributed by atoms with Gasteiger partial charge in [0.25, 0.3) is 5.91 Å². The highest BCUT2D eigenvalue weighted by Gasteiger charge is 2.15. The van der Waals surface area contributed by atoms with Crippen LogP contribution in [0.1, 0.15) is 47.6 Å². The number of rotatable bonds is 5. The van der Waals surface area contributed by atoms with Crippen molar-refractivity contribution in [1.29, 1.82) is 0 Å². The number of aromatic nitrogens is 2. The zero-order valence-corrected chi connectivity index (χ0v) is 15.2. The Morgan fingerprint density at radius 3 is 2.50 bits per heavy atom. The van der Waals surface area contributed by atoms with Gasteiger partial charge in [-0.2, -0.15) is 0 Å². The number of carbonyl (C=O) groups excluding carboxylic acids is 1. The Morgan fingerprint density at radius 1 is 1.12 bits per heavy atom. The molecule has 1 aliphatic heterocycles. The smallest absolute Gasteiger partial charge is 0.270 e. The quantitative estimate of drug-likeness (QED) is 0.893. The van der Waals surface area contributed by atoms with Gasteiger partial charge in [-0.05, 0) is 43.9 Å². The number of benzene rings is 1. The second-order valence-electron chi connectivity index (χ2n) is 6.69. The zero-order chi connectivity index (χ0) is 18.4. The van der Waals surface area contributed by atoms with Gasteiger partial charge in [0.2, 0.25) is 0 Å². The number of hydrogen-bond acceptors (Lipinski definition) is 4. The Hall–Kier alpha value is -2.50. The number of carbonyl (C=O) groups is 1. The molecular formula is C20H25FN4O. The SMILES string of the molecule is Cc1nc(C(=O)NCCc2ccc(F)cc2)cc(N2CCCCCC2)n1. The molecule has 1 aliphatic rings. The number of nitrogens with zero attached hydrogens (tertiary/aromatic N) is 3. The number of aryl methyl sites for hydroxylation is 1. The standard InChI is InChI=1S/C20H25FN4O/c1-15-23-18(14-19(24-15)25-12-4-2-3-5-13-25)20(26)22-11-10-16-6-8-17(21)9-7-16/h6-9,14H,2-5,10-13H2,1H3,(H,22,26). The maximum absolute atomic E-state index is 12.9. The van der Waals surface area contributed by atoms with Crippen LogP contribution in [-0.2, 0) is 6.42 Å². The van der Waals surface area contributed by atoms with Gasteiger partial charge in [-0.25, -0.2) is 14.4 Å². The zero-order valence-electron chi connectivity index (χ0n) is 15.2. The predicted octanol–water partition coefficient (Wildman–Crippen LogP) is 3.28. The van der Waals surface area contributed by atoms with E-state index in [2.05, 4.69) is 20.2 Å². The minimum absolute atomic E-state index is 0.200. The van der Waals surface area contributed by atoms with Crippen LogP contribution in [0.5, 0.6) is 0 Å². The van der Waals surface area contributed by atoms with Crippen LogP contribution in [0.4, 0.5) is 10.2 Å². The summed E-state index contributed by atoms with van der Waals surface area (Å²) in [7, 11) is 0. The minimum Gasteiger partial charge on any atom is -0.356 e. The van der Waals surface area contributed by atoms with Gasteiger partial charge in [-0.1, -0.05) is 25.0 Å². The molecule has 2 heterocycles. The molecule has 1 fully saturated rings. The first-order valence-corrected chi connectivity index (χ1v) is 9.25. The number of nitrogens with one attached hydrogen (secondary N) is 1. The summed E-state index contributed by atoms with van der Waals surface area (Å²) in [4.78, 5) is 23.5. The number of anilines is 1. The molecule has 0 saturated carbocycles. The highest BCUT2D eigenvalue weighted by Crippen LogP contribution is 2.18. The Kier molecular flexibility index (Phi) is 6.15. The van der Waals surface area contributed by atoms with Crippen LogP contribution in [0.3, 0.4) is 0 Å². The molecule has 0 aliphatic carbocycles. The van der Waals surface area contributed by atoms with Crippen molar-refractivity contribution in [3.05, 3.63) is 53.2 Å². The van der Waals surface area contributed by atoms with Crippen molar-refractivity contribution in [3.8, 4) is 0 Å². The van der Waals surface area contributed by atoms with E-state index < -0.39 is 0 Å². The molecule has 0 unspecified atom stereocenters. The Morgan fingerprint density at radius 2 is 1.81 bits per heavy atom. The summed E-state index contributed by atoms with van der Waals surface area (Å²) in [6, 6.07) is 8.10. The van der Waals surface area contributed by atoms with Crippen molar-refractivity contribution in [2.24, 2.45) is 0 Å². The van der Waals surface area contributed by atoms with Crippen LogP contribution in [0, 0.1) is 12.7 Å². The summed E-state index contributed by atoms with van der Waals surface area (Å²) in [6.45, 7) is 4.24. The lowest BCUT2D eigenvalue weighted by molar-refractivity contribution is 0.0948. The molecule has 26 heavy (non-hydrogen) atoms. The fraction of sp³-hybridized carbons (Fsp3) is 0.450. The molecule has 0 radical (unpaired) electrons. The molecule has 1 amide bonds. The van der Waals surface area contributed by atoms with Crippen molar-refractivity contribution in [1.82, 2.24) is 15.3 Å². The maximum Gasteiger partial charge on any atom is 0.270 e. The lowest BCUT2D eigenvalue weighted by atomic mass is 10.1. The molecule has 6 heteroatoms. The number of halogens is 1. The summed E-state index contributed by atoms with van der Waals surface area (Å²) in [5.41, 5.74) is 1.38. The van der Waals surface area contributed by atoms with Crippen LogP contribution in [0.2, 0.25) is 0 Å². The summed E-state index contributed by atoms with van der Waals surface area (Å²) in [5.74, 6) is 0.988. The molecule has 1 aromatic carbocycles. The average Bonchev–Trinajstić information content (AvgIpc) is 2.92. The first kappa shape index (κ1) is 18.3. The van der Waals surface area contributed by atoms with E-state index in [4.69, 9.17) is 0 Å². The van der Waals surface area contributed by atoms with Gasteiger partial charge in [-0.3, -0.25) is 4.79 Å². The molecule has 0 bridgehead atoms. The summed E-state index contributed by atoms with van der Waals surface area (Å²) < 4.78 is 12.9. The molecule has 0 atom stereocenters. The molecule has 2 aromatic rings. The van der Waals surface area contributed by atoms with E-state index in [0.29, 0.717) is 24.5 Å². The van der Waals surface area contributed by atoms with Gasteiger partial charge in [0.15, 0.2) is 0 Å². The molecular weight excluding hydrogens is 331 g/mol. The molecule has 0 spiro atoms. The van der Waals surface area contributed by atoms with E-state index in [1.54, 1.807) is 18.2 Å². The fourth-order valence-electron chi connectivity index (χ4n) is 3.19. The fourth-order valence-corrected chi connectivity index (χ4v) is 3.19.